The standard InChI is InChI=1S/C28H25BrClN3O2/c29-22-14-15-26(35-18-20-10-4-6-12-24(20)30)21(16-22)17-31-33-27(19-8-2-1-3-9-19)32-25-13-7-5-11-23(25)28(33)34/h4-7,10-17,19H,1-3,8-9,18H2. The molecule has 0 spiro atoms. The van der Waals surface area contributed by atoms with Crippen molar-refractivity contribution >= 4 is 44.6 Å². The van der Waals surface area contributed by atoms with E-state index in [1.807, 2.05) is 60.7 Å². The molecule has 1 fully saturated rings. The number of fused-ring (bicyclic) bond motifs is 1. The summed E-state index contributed by atoms with van der Waals surface area (Å²) in [5, 5.41) is 5.89. The zero-order chi connectivity index (χ0) is 24.2. The van der Waals surface area contributed by atoms with E-state index < -0.39 is 0 Å². The van der Waals surface area contributed by atoms with Gasteiger partial charge in [-0.25, -0.2) is 4.98 Å². The summed E-state index contributed by atoms with van der Waals surface area (Å²) in [7, 11) is 0. The molecule has 5 rings (SSSR count). The molecule has 0 atom stereocenters. The molecule has 1 heterocycles. The topological polar surface area (TPSA) is 56.5 Å². The molecule has 0 aliphatic heterocycles. The average molecular weight is 551 g/mol. The maximum atomic E-state index is 13.5. The van der Waals surface area contributed by atoms with Gasteiger partial charge in [0.2, 0.25) is 0 Å². The summed E-state index contributed by atoms with van der Waals surface area (Å²) in [4.78, 5) is 18.4. The van der Waals surface area contributed by atoms with Crippen molar-refractivity contribution in [3.63, 3.8) is 0 Å². The summed E-state index contributed by atoms with van der Waals surface area (Å²) in [5.41, 5.74) is 2.22. The van der Waals surface area contributed by atoms with Crippen LogP contribution in [0.1, 0.15) is 55.0 Å². The Morgan fingerprint density at radius 2 is 1.83 bits per heavy atom. The van der Waals surface area contributed by atoms with E-state index in [2.05, 4.69) is 21.0 Å². The third-order valence-corrected chi connectivity index (χ3v) is 7.24. The van der Waals surface area contributed by atoms with Gasteiger partial charge in [0.15, 0.2) is 0 Å². The number of halogens is 2. The van der Waals surface area contributed by atoms with E-state index in [-0.39, 0.29) is 11.5 Å². The molecule has 0 unspecified atom stereocenters. The molecule has 7 heteroatoms. The zero-order valence-electron chi connectivity index (χ0n) is 19.2. The normalized spacial score (nSPS) is 14.6. The minimum atomic E-state index is -0.152. The smallest absolute Gasteiger partial charge is 0.282 e. The fraction of sp³-hybridized carbons (Fsp3) is 0.250. The van der Waals surface area contributed by atoms with E-state index in [4.69, 9.17) is 21.3 Å². The summed E-state index contributed by atoms with van der Waals surface area (Å²) >= 11 is 9.83. The number of hydrogen-bond acceptors (Lipinski definition) is 4. The Balaban J connectivity index is 1.53. The molecule has 0 amide bonds. The second kappa shape index (κ2) is 10.8. The van der Waals surface area contributed by atoms with Crippen LogP contribution in [0.2, 0.25) is 5.02 Å². The van der Waals surface area contributed by atoms with Crippen molar-refractivity contribution in [2.45, 2.75) is 44.6 Å². The molecule has 0 radical (unpaired) electrons. The minimum absolute atomic E-state index is 0.152. The van der Waals surface area contributed by atoms with Crippen molar-refractivity contribution in [3.8, 4) is 5.75 Å². The van der Waals surface area contributed by atoms with Gasteiger partial charge in [-0.2, -0.15) is 9.78 Å². The van der Waals surface area contributed by atoms with Crippen molar-refractivity contribution in [3.05, 3.63) is 104 Å². The second-order valence-corrected chi connectivity index (χ2v) is 10.1. The molecule has 178 valence electrons. The maximum Gasteiger partial charge on any atom is 0.282 e. The Bertz CT molecular complexity index is 1440. The Hall–Kier alpha value is -2.96. The summed E-state index contributed by atoms with van der Waals surface area (Å²) in [6.45, 7) is 0.326. The van der Waals surface area contributed by atoms with Crippen LogP contribution in [0.3, 0.4) is 0 Å². The summed E-state index contributed by atoms with van der Waals surface area (Å²) in [6, 6.07) is 20.8. The van der Waals surface area contributed by atoms with E-state index in [0.717, 1.165) is 52.6 Å². The van der Waals surface area contributed by atoms with Crippen LogP contribution in [0.25, 0.3) is 10.9 Å². The van der Waals surface area contributed by atoms with E-state index in [1.165, 1.54) is 11.1 Å². The summed E-state index contributed by atoms with van der Waals surface area (Å²) in [6.07, 6.45) is 7.22. The first-order valence-electron chi connectivity index (χ1n) is 11.8. The molecular formula is C28H25BrClN3O2. The lowest BCUT2D eigenvalue weighted by Crippen LogP contribution is -2.25. The lowest BCUT2D eigenvalue weighted by molar-refractivity contribution is 0.306. The molecule has 4 aromatic rings. The second-order valence-electron chi connectivity index (χ2n) is 8.75. The number of nitrogens with zero attached hydrogens (tertiary/aromatic N) is 3. The number of hydrogen-bond donors (Lipinski definition) is 0. The molecule has 5 nitrogen and oxygen atoms in total. The number of ether oxygens (including phenoxy) is 1. The molecular weight excluding hydrogens is 526 g/mol. The Kier molecular flexibility index (Phi) is 7.30. The van der Waals surface area contributed by atoms with Crippen LogP contribution in [0, 0.1) is 0 Å². The van der Waals surface area contributed by atoms with E-state index in [0.29, 0.717) is 22.8 Å². The van der Waals surface area contributed by atoms with Crippen LogP contribution < -0.4 is 10.3 Å². The quantitative estimate of drug-likeness (QED) is 0.236. The molecule has 1 aliphatic rings. The van der Waals surface area contributed by atoms with Gasteiger partial charge in [0.05, 0.1) is 17.1 Å². The molecule has 0 saturated heterocycles. The lowest BCUT2D eigenvalue weighted by atomic mass is 9.88. The lowest BCUT2D eigenvalue weighted by Gasteiger charge is -2.22. The van der Waals surface area contributed by atoms with Gasteiger partial charge in [0, 0.05) is 26.5 Å². The van der Waals surface area contributed by atoms with Crippen LogP contribution in [0.15, 0.2) is 81.1 Å². The fourth-order valence-electron chi connectivity index (χ4n) is 4.52. The number of rotatable bonds is 6. The molecule has 1 saturated carbocycles. The van der Waals surface area contributed by atoms with E-state index in [9.17, 15) is 4.79 Å². The average Bonchev–Trinajstić information content (AvgIpc) is 2.89. The van der Waals surface area contributed by atoms with Crippen LogP contribution in [0.5, 0.6) is 5.75 Å². The highest BCUT2D eigenvalue weighted by Gasteiger charge is 2.22. The molecule has 1 aliphatic carbocycles. The largest absolute Gasteiger partial charge is 0.488 e. The predicted octanol–water partition coefficient (Wildman–Crippen LogP) is 7.32. The van der Waals surface area contributed by atoms with Crippen LogP contribution in [-0.2, 0) is 6.61 Å². The highest BCUT2D eigenvalue weighted by atomic mass is 79.9. The highest BCUT2D eigenvalue weighted by Crippen LogP contribution is 2.32. The van der Waals surface area contributed by atoms with E-state index >= 15 is 0 Å². The van der Waals surface area contributed by atoms with E-state index in [1.54, 1.807) is 12.3 Å². The van der Waals surface area contributed by atoms with Crippen molar-refractivity contribution < 1.29 is 4.74 Å². The number of aromatic nitrogens is 2. The van der Waals surface area contributed by atoms with Crippen molar-refractivity contribution in [1.29, 1.82) is 0 Å². The van der Waals surface area contributed by atoms with Gasteiger partial charge in [-0.15, -0.1) is 0 Å². The van der Waals surface area contributed by atoms with Gasteiger partial charge in [0.1, 0.15) is 18.2 Å². The Morgan fingerprint density at radius 3 is 2.66 bits per heavy atom. The highest BCUT2D eigenvalue weighted by molar-refractivity contribution is 9.10. The first kappa shape index (κ1) is 23.8. The van der Waals surface area contributed by atoms with Gasteiger partial charge < -0.3 is 4.74 Å². The van der Waals surface area contributed by atoms with Gasteiger partial charge in [-0.05, 0) is 49.2 Å². The predicted molar refractivity (Wildman–Crippen MR) is 145 cm³/mol. The Morgan fingerprint density at radius 1 is 1.06 bits per heavy atom. The van der Waals surface area contributed by atoms with Crippen LogP contribution in [-0.4, -0.2) is 15.9 Å². The summed E-state index contributed by atoms with van der Waals surface area (Å²) in [5.74, 6) is 1.60. The SMILES string of the molecule is O=c1c2ccccc2nc(C2CCCCC2)n1N=Cc1cc(Br)ccc1OCc1ccccc1Cl. The minimum Gasteiger partial charge on any atom is -0.488 e. The Labute approximate surface area is 217 Å². The monoisotopic (exact) mass is 549 g/mol. The van der Waals surface area contributed by atoms with Crippen molar-refractivity contribution in [2.24, 2.45) is 5.10 Å². The molecule has 3 aromatic carbocycles. The number of para-hydroxylation sites is 1. The first-order valence-corrected chi connectivity index (χ1v) is 13.0. The molecule has 35 heavy (non-hydrogen) atoms. The van der Waals surface area contributed by atoms with Gasteiger partial charge in [0.25, 0.3) is 5.56 Å². The van der Waals surface area contributed by atoms with Gasteiger partial charge in [-0.1, -0.05) is 77.1 Å². The zero-order valence-corrected chi connectivity index (χ0v) is 21.5. The summed E-state index contributed by atoms with van der Waals surface area (Å²) < 4.78 is 8.47. The van der Waals surface area contributed by atoms with Crippen molar-refractivity contribution in [2.75, 3.05) is 0 Å². The van der Waals surface area contributed by atoms with Crippen molar-refractivity contribution in [1.82, 2.24) is 9.66 Å². The molecule has 0 bridgehead atoms. The van der Waals surface area contributed by atoms with Gasteiger partial charge in [-0.3, -0.25) is 4.79 Å². The maximum absolute atomic E-state index is 13.5. The van der Waals surface area contributed by atoms with Crippen LogP contribution >= 0.6 is 27.5 Å². The third-order valence-electron chi connectivity index (χ3n) is 6.37. The third kappa shape index (κ3) is 5.34. The number of benzene rings is 3. The van der Waals surface area contributed by atoms with Gasteiger partial charge >= 0.3 is 0 Å². The first-order chi connectivity index (χ1) is 17.1. The van der Waals surface area contributed by atoms with Crippen LogP contribution in [0.4, 0.5) is 0 Å². The fourth-order valence-corrected chi connectivity index (χ4v) is 5.09. The molecule has 1 aromatic heterocycles. The molecule has 0 N–H and O–H groups in total.